The molecule has 0 spiro atoms. The summed E-state index contributed by atoms with van der Waals surface area (Å²) in [6.07, 6.45) is 0. The summed E-state index contributed by atoms with van der Waals surface area (Å²) in [7, 11) is 0. The first-order chi connectivity index (χ1) is 14.3. The van der Waals surface area contributed by atoms with Gasteiger partial charge in [-0.15, -0.1) is 0 Å². The molecule has 3 rings (SSSR count). The van der Waals surface area contributed by atoms with Gasteiger partial charge in [-0.1, -0.05) is 46.9 Å². The fourth-order valence-electron chi connectivity index (χ4n) is 2.42. The summed E-state index contributed by atoms with van der Waals surface area (Å²) >= 11 is 17.7. The molecule has 0 aliphatic carbocycles. The van der Waals surface area contributed by atoms with Crippen molar-refractivity contribution < 1.29 is 23.9 Å². The van der Waals surface area contributed by atoms with Crippen LogP contribution in [0.5, 0.6) is 5.75 Å². The summed E-state index contributed by atoms with van der Waals surface area (Å²) in [6, 6.07) is 16.6. The van der Waals surface area contributed by atoms with Crippen LogP contribution in [0.1, 0.15) is 31.1 Å². The lowest BCUT2D eigenvalue weighted by atomic mass is 10.1. The molecule has 0 aromatic heterocycles. The molecular weight excluding hydrogens is 451 g/mol. The largest absolute Gasteiger partial charge is 0.454 e. The normalized spacial score (nSPS) is 10.4. The van der Waals surface area contributed by atoms with Gasteiger partial charge in [0.1, 0.15) is 5.75 Å². The Hall–Kier alpha value is -2.86. The number of Topliss-reactive ketones (excluding diaryl/α,β-unsaturated/α-hetero) is 1. The van der Waals surface area contributed by atoms with Crippen LogP contribution < -0.4 is 4.74 Å². The third-order valence-corrected chi connectivity index (χ3v) is 5.04. The molecule has 30 heavy (non-hydrogen) atoms. The van der Waals surface area contributed by atoms with Crippen molar-refractivity contribution in [2.45, 2.75) is 0 Å². The molecule has 0 amide bonds. The summed E-state index contributed by atoms with van der Waals surface area (Å²) in [5.74, 6) is -1.50. The highest BCUT2D eigenvalue weighted by atomic mass is 35.5. The van der Waals surface area contributed by atoms with Crippen molar-refractivity contribution in [3.05, 3.63) is 98.5 Å². The number of carbonyl (C=O) groups is 3. The number of halogens is 3. The second kappa shape index (κ2) is 9.76. The van der Waals surface area contributed by atoms with Crippen LogP contribution in [-0.2, 0) is 4.74 Å². The number of esters is 2. The number of ether oxygens (including phenoxy) is 2. The van der Waals surface area contributed by atoms with Crippen LogP contribution in [0.25, 0.3) is 0 Å². The highest BCUT2D eigenvalue weighted by molar-refractivity contribution is 6.42. The zero-order valence-electron chi connectivity index (χ0n) is 15.2. The van der Waals surface area contributed by atoms with Gasteiger partial charge < -0.3 is 9.47 Å². The maximum atomic E-state index is 12.2. The van der Waals surface area contributed by atoms with Gasteiger partial charge in [0.05, 0.1) is 26.2 Å². The Kier molecular flexibility index (Phi) is 7.11. The van der Waals surface area contributed by atoms with Gasteiger partial charge in [-0.3, -0.25) is 4.79 Å². The summed E-state index contributed by atoms with van der Waals surface area (Å²) in [4.78, 5) is 36.4. The first-order valence-electron chi connectivity index (χ1n) is 8.57. The first-order valence-corrected chi connectivity index (χ1v) is 9.70. The minimum atomic E-state index is -0.693. The molecule has 0 fully saturated rings. The summed E-state index contributed by atoms with van der Waals surface area (Å²) < 4.78 is 10.3. The third-order valence-electron chi connectivity index (χ3n) is 3.97. The van der Waals surface area contributed by atoms with E-state index in [4.69, 9.17) is 44.3 Å². The van der Waals surface area contributed by atoms with Crippen molar-refractivity contribution in [3.8, 4) is 5.75 Å². The van der Waals surface area contributed by atoms with E-state index in [2.05, 4.69) is 0 Å². The Morgan fingerprint density at radius 1 is 0.700 bits per heavy atom. The van der Waals surface area contributed by atoms with Crippen LogP contribution >= 0.6 is 34.8 Å². The predicted molar refractivity (Wildman–Crippen MR) is 114 cm³/mol. The molecule has 0 N–H and O–H groups in total. The average Bonchev–Trinajstić information content (AvgIpc) is 2.74. The number of ketones is 1. The predicted octanol–water partition coefficient (Wildman–Crippen LogP) is 5.91. The molecule has 8 heteroatoms. The molecule has 0 radical (unpaired) electrons. The lowest BCUT2D eigenvalue weighted by Crippen LogP contribution is -2.14. The molecule has 0 saturated carbocycles. The van der Waals surface area contributed by atoms with E-state index < -0.39 is 24.3 Å². The minimum absolute atomic E-state index is 0.177. The summed E-state index contributed by atoms with van der Waals surface area (Å²) in [5.41, 5.74) is 0.698. The van der Waals surface area contributed by atoms with E-state index in [1.807, 2.05) is 0 Å². The maximum Gasteiger partial charge on any atom is 0.343 e. The Labute approximate surface area is 187 Å². The van der Waals surface area contributed by atoms with Crippen molar-refractivity contribution >= 4 is 52.5 Å². The molecule has 3 aromatic rings. The quantitative estimate of drug-likeness (QED) is 0.258. The fourth-order valence-corrected chi connectivity index (χ4v) is 2.93. The molecule has 0 unspecified atom stereocenters. The lowest BCUT2D eigenvalue weighted by molar-refractivity contribution is 0.0474. The second-order valence-corrected chi connectivity index (χ2v) is 7.24. The van der Waals surface area contributed by atoms with E-state index in [1.54, 1.807) is 18.2 Å². The van der Waals surface area contributed by atoms with E-state index in [-0.39, 0.29) is 32.5 Å². The molecule has 5 nitrogen and oxygen atoms in total. The monoisotopic (exact) mass is 462 g/mol. The molecule has 0 atom stereocenters. The summed E-state index contributed by atoms with van der Waals surface area (Å²) in [5, 5.41) is 0.799. The van der Waals surface area contributed by atoms with Crippen molar-refractivity contribution in [1.29, 1.82) is 0 Å². The van der Waals surface area contributed by atoms with Crippen LogP contribution in [0.3, 0.4) is 0 Å². The van der Waals surface area contributed by atoms with E-state index in [0.29, 0.717) is 5.02 Å². The van der Waals surface area contributed by atoms with Crippen LogP contribution in [-0.4, -0.2) is 24.3 Å². The smallest absolute Gasteiger partial charge is 0.343 e. The Bertz CT molecular complexity index is 1110. The molecule has 0 saturated heterocycles. The molecule has 3 aromatic carbocycles. The van der Waals surface area contributed by atoms with Gasteiger partial charge in [-0.25, -0.2) is 9.59 Å². The third kappa shape index (κ3) is 5.39. The standard InChI is InChI=1S/C22H13Cl3O5/c23-17-4-2-1-3-16(17)22(28)29-12-20(26)13-5-8-15(9-6-13)30-21(27)14-7-10-18(24)19(25)11-14/h1-11H,12H2. The lowest BCUT2D eigenvalue weighted by Gasteiger charge is -2.07. The highest BCUT2D eigenvalue weighted by Crippen LogP contribution is 2.24. The average molecular weight is 464 g/mol. The van der Waals surface area contributed by atoms with E-state index in [0.717, 1.165) is 0 Å². The summed E-state index contributed by atoms with van der Waals surface area (Å²) in [6.45, 7) is -0.452. The molecule has 0 aliphatic rings. The molecule has 152 valence electrons. The second-order valence-electron chi connectivity index (χ2n) is 6.02. The zero-order chi connectivity index (χ0) is 21.7. The van der Waals surface area contributed by atoms with Crippen LogP contribution in [0.2, 0.25) is 15.1 Å². The maximum absolute atomic E-state index is 12.2. The fraction of sp³-hybridized carbons (Fsp3) is 0.0455. The van der Waals surface area contributed by atoms with Gasteiger partial charge in [0, 0.05) is 5.56 Å². The number of hydrogen-bond donors (Lipinski definition) is 0. The molecule has 0 heterocycles. The SMILES string of the molecule is O=C(COC(=O)c1ccccc1Cl)c1ccc(OC(=O)c2ccc(Cl)c(Cl)c2)cc1. The number of rotatable bonds is 6. The molecule has 0 bridgehead atoms. The highest BCUT2D eigenvalue weighted by Gasteiger charge is 2.15. The van der Waals surface area contributed by atoms with Crippen LogP contribution in [0.15, 0.2) is 66.7 Å². The van der Waals surface area contributed by atoms with E-state index in [1.165, 1.54) is 48.5 Å². The Morgan fingerprint density at radius 2 is 1.37 bits per heavy atom. The van der Waals surface area contributed by atoms with Gasteiger partial charge in [0.25, 0.3) is 0 Å². The zero-order valence-corrected chi connectivity index (χ0v) is 17.5. The van der Waals surface area contributed by atoms with E-state index in [9.17, 15) is 14.4 Å². The Balaban J connectivity index is 1.58. The van der Waals surface area contributed by atoms with Gasteiger partial charge in [0.15, 0.2) is 12.4 Å². The van der Waals surface area contributed by atoms with Crippen molar-refractivity contribution in [1.82, 2.24) is 0 Å². The minimum Gasteiger partial charge on any atom is -0.454 e. The van der Waals surface area contributed by atoms with Gasteiger partial charge >= 0.3 is 11.9 Å². The number of carbonyl (C=O) groups excluding carboxylic acids is 3. The van der Waals surface area contributed by atoms with Gasteiger partial charge in [-0.05, 0) is 54.6 Å². The Morgan fingerprint density at radius 3 is 2.03 bits per heavy atom. The van der Waals surface area contributed by atoms with E-state index >= 15 is 0 Å². The van der Waals surface area contributed by atoms with Crippen molar-refractivity contribution in [3.63, 3.8) is 0 Å². The van der Waals surface area contributed by atoms with Crippen molar-refractivity contribution in [2.24, 2.45) is 0 Å². The first kappa shape index (κ1) is 21.8. The molecular formula is C22H13Cl3O5. The van der Waals surface area contributed by atoms with Crippen LogP contribution in [0.4, 0.5) is 0 Å². The van der Waals surface area contributed by atoms with Crippen molar-refractivity contribution in [2.75, 3.05) is 6.61 Å². The molecule has 0 aliphatic heterocycles. The van der Waals surface area contributed by atoms with Gasteiger partial charge in [-0.2, -0.15) is 0 Å². The van der Waals surface area contributed by atoms with Gasteiger partial charge in [0.2, 0.25) is 0 Å². The van der Waals surface area contributed by atoms with Crippen LogP contribution in [0, 0.1) is 0 Å². The topological polar surface area (TPSA) is 69.7 Å². The number of hydrogen-bond acceptors (Lipinski definition) is 5. The number of benzene rings is 3.